The Balaban J connectivity index is 2.20. The molecule has 0 radical (unpaired) electrons. The maximum Gasteiger partial charge on any atom is 0.273 e. The molecule has 1 aliphatic rings. The number of aryl methyl sites for hydroxylation is 2. The van der Waals surface area contributed by atoms with Crippen molar-refractivity contribution in [2.75, 3.05) is 19.8 Å². The molecular formula is C17H20ClNO3. The molecule has 2 amide bonds. The molecule has 22 heavy (non-hydrogen) atoms. The van der Waals surface area contributed by atoms with Gasteiger partial charge in [0.25, 0.3) is 11.8 Å². The second kappa shape index (κ2) is 7.07. The molecule has 5 heteroatoms. The van der Waals surface area contributed by atoms with Crippen LogP contribution in [0, 0.1) is 13.8 Å². The summed E-state index contributed by atoms with van der Waals surface area (Å²) in [6.45, 7) is 7.33. The molecule has 1 aromatic rings. The quantitative estimate of drug-likeness (QED) is 0.597. The Kier molecular flexibility index (Phi) is 5.37. The summed E-state index contributed by atoms with van der Waals surface area (Å²) in [4.78, 5) is 25.9. The maximum absolute atomic E-state index is 12.5. The van der Waals surface area contributed by atoms with Crippen molar-refractivity contribution in [3.05, 3.63) is 39.9 Å². The van der Waals surface area contributed by atoms with Gasteiger partial charge in [0.15, 0.2) is 0 Å². The molecule has 0 saturated carbocycles. The van der Waals surface area contributed by atoms with Crippen molar-refractivity contribution in [1.29, 1.82) is 0 Å². The molecule has 1 aliphatic heterocycles. The number of amides is 2. The highest BCUT2D eigenvalue weighted by Gasteiger charge is 2.37. The van der Waals surface area contributed by atoms with E-state index in [4.69, 9.17) is 16.3 Å². The summed E-state index contributed by atoms with van der Waals surface area (Å²) in [6, 6.07) is 5.65. The minimum absolute atomic E-state index is 0.00432. The lowest BCUT2D eigenvalue weighted by atomic mass is 10.0. The van der Waals surface area contributed by atoms with Crippen molar-refractivity contribution in [3.8, 4) is 0 Å². The van der Waals surface area contributed by atoms with Gasteiger partial charge in [0.05, 0.1) is 5.57 Å². The third kappa shape index (κ3) is 3.23. The minimum Gasteiger partial charge on any atom is -0.382 e. The Morgan fingerprint density at radius 1 is 1.14 bits per heavy atom. The summed E-state index contributed by atoms with van der Waals surface area (Å²) in [5, 5.41) is 0.00432. The molecule has 0 N–H and O–H groups in total. The third-order valence-electron chi connectivity index (χ3n) is 3.78. The van der Waals surface area contributed by atoms with E-state index in [2.05, 4.69) is 0 Å². The van der Waals surface area contributed by atoms with E-state index in [1.807, 2.05) is 39.0 Å². The van der Waals surface area contributed by atoms with Crippen LogP contribution in [0.5, 0.6) is 0 Å². The van der Waals surface area contributed by atoms with Gasteiger partial charge < -0.3 is 4.74 Å². The van der Waals surface area contributed by atoms with Gasteiger partial charge in [-0.3, -0.25) is 14.5 Å². The number of benzene rings is 1. The number of carbonyl (C=O) groups is 2. The van der Waals surface area contributed by atoms with Crippen LogP contribution in [0.25, 0.3) is 5.57 Å². The van der Waals surface area contributed by atoms with Crippen LogP contribution in [0.2, 0.25) is 0 Å². The smallest absolute Gasteiger partial charge is 0.273 e. The van der Waals surface area contributed by atoms with E-state index in [9.17, 15) is 9.59 Å². The third-order valence-corrected chi connectivity index (χ3v) is 4.13. The molecule has 0 aromatic heterocycles. The first-order chi connectivity index (χ1) is 10.5. The SMILES string of the molecule is CCOCCCN1C(=O)C(Cl)=C(c2ccc(C)c(C)c2)C1=O. The van der Waals surface area contributed by atoms with Gasteiger partial charge in [0.2, 0.25) is 0 Å². The number of rotatable bonds is 6. The molecule has 118 valence electrons. The summed E-state index contributed by atoms with van der Waals surface area (Å²) in [7, 11) is 0. The lowest BCUT2D eigenvalue weighted by molar-refractivity contribution is -0.136. The maximum atomic E-state index is 12.5. The highest BCUT2D eigenvalue weighted by atomic mass is 35.5. The summed E-state index contributed by atoms with van der Waals surface area (Å²) in [5.41, 5.74) is 3.18. The largest absolute Gasteiger partial charge is 0.382 e. The van der Waals surface area contributed by atoms with Gasteiger partial charge in [-0.15, -0.1) is 0 Å². The van der Waals surface area contributed by atoms with Crippen LogP contribution < -0.4 is 0 Å². The van der Waals surface area contributed by atoms with E-state index in [0.717, 1.165) is 11.1 Å². The first-order valence-corrected chi connectivity index (χ1v) is 7.76. The lowest BCUT2D eigenvalue weighted by Crippen LogP contribution is -2.32. The molecule has 2 rings (SSSR count). The van der Waals surface area contributed by atoms with E-state index in [-0.39, 0.29) is 10.9 Å². The average molecular weight is 322 g/mol. The van der Waals surface area contributed by atoms with Crippen molar-refractivity contribution in [2.45, 2.75) is 27.2 Å². The highest BCUT2D eigenvalue weighted by Crippen LogP contribution is 2.32. The second-order valence-electron chi connectivity index (χ2n) is 5.30. The molecule has 0 unspecified atom stereocenters. The molecule has 0 fully saturated rings. The number of hydrogen-bond acceptors (Lipinski definition) is 3. The second-order valence-corrected chi connectivity index (χ2v) is 5.68. The van der Waals surface area contributed by atoms with Gasteiger partial charge in [-0.05, 0) is 43.9 Å². The molecule has 0 bridgehead atoms. The predicted molar refractivity (Wildman–Crippen MR) is 86.5 cm³/mol. The number of ether oxygens (including phenoxy) is 1. The van der Waals surface area contributed by atoms with E-state index in [0.29, 0.717) is 37.3 Å². The van der Waals surface area contributed by atoms with Crippen molar-refractivity contribution in [2.24, 2.45) is 0 Å². The van der Waals surface area contributed by atoms with Crippen molar-refractivity contribution in [1.82, 2.24) is 4.90 Å². The summed E-state index contributed by atoms with van der Waals surface area (Å²) >= 11 is 6.12. The molecule has 0 atom stereocenters. The number of hydrogen-bond donors (Lipinski definition) is 0. The fourth-order valence-corrected chi connectivity index (χ4v) is 2.66. The highest BCUT2D eigenvalue weighted by molar-refractivity contribution is 6.55. The molecule has 0 spiro atoms. The Labute approximate surface area is 135 Å². The number of carbonyl (C=O) groups excluding carboxylic acids is 2. The Hall–Kier alpha value is -1.65. The van der Waals surface area contributed by atoms with E-state index in [1.165, 1.54) is 4.90 Å². The molecule has 4 nitrogen and oxygen atoms in total. The summed E-state index contributed by atoms with van der Waals surface area (Å²) in [5.74, 6) is -0.744. The molecule has 0 saturated heterocycles. The van der Waals surface area contributed by atoms with Gasteiger partial charge in [0, 0.05) is 19.8 Å². The van der Waals surface area contributed by atoms with Crippen LogP contribution in [-0.4, -0.2) is 36.5 Å². The monoisotopic (exact) mass is 321 g/mol. The topological polar surface area (TPSA) is 46.6 Å². The van der Waals surface area contributed by atoms with Gasteiger partial charge in [-0.25, -0.2) is 0 Å². The minimum atomic E-state index is -0.420. The van der Waals surface area contributed by atoms with Crippen molar-refractivity contribution < 1.29 is 14.3 Å². The Morgan fingerprint density at radius 3 is 2.50 bits per heavy atom. The molecule has 1 aromatic carbocycles. The first-order valence-electron chi connectivity index (χ1n) is 7.38. The van der Waals surface area contributed by atoms with Crippen LogP contribution in [0.4, 0.5) is 0 Å². The lowest BCUT2D eigenvalue weighted by Gasteiger charge is -2.14. The van der Waals surface area contributed by atoms with Gasteiger partial charge in [0.1, 0.15) is 5.03 Å². The molecule has 0 aliphatic carbocycles. The van der Waals surface area contributed by atoms with Gasteiger partial charge in [-0.2, -0.15) is 0 Å². The number of imide groups is 1. The Bertz CT molecular complexity index is 637. The van der Waals surface area contributed by atoms with Crippen LogP contribution in [-0.2, 0) is 14.3 Å². The zero-order valence-corrected chi connectivity index (χ0v) is 13.9. The van der Waals surface area contributed by atoms with Crippen LogP contribution in [0.1, 0.15) is 30.0 Å². The normalized spacial score (nSPS) is 15.2. The fourth-order valence-electron chi connectivity index (χ4n) is 2.37. The first kappa shape index (κ1) is 16.7. The van der Waals surface area contributed by atoms with Crippen molar-refractivity contribution >= 4 is 29.0 Å². The van der Waals surface area contributed by atoms with Crippen molar-refractivity contribution in [3.63, 3.8) is 0 Å². The molecular weight excluding hydrogens is 302 g/mol. The zero-order valence-electron chi connectivity index (χ0n) is 13.1. The van der Waals surface area contributed by atoms with Crippen LogP contribution >= 0.6 is 11.6 Å². The van der Waals surface area contributed by atoms with Gasteiger partial charge >= 0.3 is 0 Å². The fraction of sp³-hybridized carbons (Fsp3) is 0.412. The predicted octanol–water partition coefficient (Wildman–Crippen LogP) is 3.05. The number of halogens is 1. The van der Waals surface area contributed by atoms with Gasteiger partial charge in [-0.1, -0.05) is 29.8 Å². The average Bonchev–Trinajstić information content (AvgIpc) is 2.70. The summed E-state index contributed by atoms with van der Waals surface area (Å²) < 4.78 is 5.24. The standard InChI is InChI=1S/C17H20ClNO3/c1-4-22-9-5-8-19-16(20)14(15(18)17(19)21)13-7-6-11(2)12(3)10-13/h6-7,10H,4-5,8-9H2,1-3H3. The Morgan fingerprint density at radius 2 is 1.86 bits per heavy atom. The number of nitrogens with zero attached hydrogens (tertiary/aromatic N) is 1. The van der Waals surface area contributed by atoms with E-state index in [1.54, 1.807) is 0 Å². The summed E-state index contributed by atoms with van der Waals surface area (Å²) in [6.07, 6.45) is 0.607. The van der Waals surface area contributed by atoms with Crippen LogP contribution in [0.3, 0.4) is 0 Å². The van der Waals surface area contributed by atoms with E-state index >= 15 is 0 Å². The molecule has 1 heterocycles. The zero-order chi connectivity index (χ0) is 16.3. The van der Waals surface area contributed by atoms with Crippen LogP contribution in [0.15, 0.2) is 23.2 Å². The van der Waals surface area contributed by atoms with E-state index < -0.39 is 5.91 Å².